The van der Waals surface area contributed by atoms with Crippen LogP contribution in [0.2, 0.25) is 0 Å². The van der Waals surface area contributed by atoms with E-state index < -0.39 is 21.4 Å². The molecule has 0 aromatic heterocycles. The van der Waals surface area contributed by atoms with E-state index in [1.165, 1.54) is 11.2 Å². The van der Waals surface area contributed by atoms with E-state index in [0.717, 1.165) is 12.1 Å². The molecule has 0 saturated carbocycles. The lowest BCUT2D eigenvalue weighted by Gasteiger charge is -2.20. The van der Waals surface area contributed by atoms with E-state index in [9.17, 15) is 17.9 Å². The second-order valence-corrected chi connectivity index (χ2v) is 7.13. The number of sulfonamides is 1. The number of hydrogen-bond acceptors (Lipinski definition) is 4. The molecule has 3 N–H and O–H groups in total. The molecule has 1 aliphatic rings. The zero-order valence-electron chi connectivity index (χ0n) is 10.9. The Morgan fingerprint density at radius 1 is 1.47 bits per heavy atom. The molecule has 0 aliphatic carbocycles. The Morgan fingerprint density at radius 3 is 2.63 bits per heavy atom. The van der Waals surface area contributed by atoms with Gasteiger partial charge in [-0.3, -0.25) is 0 Å². The Kier molecular flexibility index (Phi) is 3.32. The molecule has 1 aromatic carbocycles. The highest BCUT2D eigenvalue weighted by Gasteiger charge is 2.39. The van der Waals surface area contributed by atoms with Crippen molar-refractivity contribution in [1.82, 2.24) is 4.31 Å². The maximum Gasteiger partial charge on any atom is 0.243 e. The zero-order chi connectivity index (χ0) is 14.4. The van der Waals surface area contributed by atoms with Crippen molar-refractivity contribution in [2.45, 2.75) is 30.8 Å². The molecule has 1 atom stereocenters. The average molecular weight is 288 g/mol. The summed E-state index contributed by atoms with van der Waals surface area (Å²) in [6, 6.07) is 2.24. The van der Waals surface area contributed by atoms with Gasteiger partial charge in [0.05, 0.1) is 16.2 Å². The Balaban J connectivity index is 2.44. The normalized spacial score (nSPS) is 24.8. The third-order valence-electron chi connectivity index (χ3n) is 3.33. The van der Waals surface area contributed by atoms with E-state index in [-0.39, 0.29) is 23.7 Å². The summed E-state index contributed by atoms with van der Waals surface area (Å²) < 4.78 is 39.4. The van der Waals surface area contributed by atoms with Gasteiger partial charge in [0, 0.05) is 13.1 Å². The molecule has 0 spiro atoms. The van der Waals surface area contributed by atoms with Crippen LogP contribution in [-0.2, 0) is 10.0 Å². The van der Waals surface area contributed by atoms with Gasteiger partial charge in [-0.2, -0.15) is 4.31 Å². The van der Waals surface area contributed by atoms with E-state index in [1.807, 2.05) is 0 Å². The summed E-state index contributed by atoms with van der Waals surface area (Å²) >= 11 is 0. The third-order valence-corrected chi connectivity index (χ3v) is 5.32. The highest BCUT2D eigenvalue weighted by Crippen LogP contribution is 2.29. The molecule has 1 aliphatic heterocycles. The molecule has 0 bridgehead atoms. The predicted octanol–water partition coefficient (Wildman–Crippen LogP) is 0.862. The van der Waals surface area contributed by atoms with E-state index in [0.29, 0.717) is 12.0 Å². The predicted molar refractivity (Wildman–Crippen MR) is 69.5 cm³/mol. The number of rotatable bonds is 2. The number of nitrogens with two attached hydrogens (primary N) is 1. The first-order chi connectivity index (χ1) is 8.63. The molecule has 7 heteroatoms. The fourth-order valence-corrected chi connectivity index (χ4v) is 3.99. The Bertz CT molecular complexity index is 614. The van der Waals surface area contributed by atoms with Gasteiger partial charge >= 0.3 is 0 Å². The minimum Gasteiger partial charge on any atom is -0.396 e. The van der Waals surface area contributed by atoms with Crippen LogP contribution in [0.15, 0.2) is 17.0 Å². The van der Waals surface area contributed by atoms with Crippen LogP contribution in [0.5, 0.6) is 0 Å². The van der Waals surface area contributed by atoms with Crippen LogP contribution in [0.1, 0.15) is 18.9 Å². The molecule has 1 saturated heterocycles. The summed E-state index contributed by atoms with van der Waals surface area (Å²) in [5.74, 6) is -0.634. The lowest BCUT2D eigenvalue weighted by molar-refractivity contribution is 0.0762. The standard InChI is InChI=1S/C12H17FN2O3S/c1-8-5-9(13)10(14)6-11(8)19(17,18)15-4-3-12(2,16)7-15/h5-6,16H,3-4,7,14H2,1-2H3. The van der Waals surface area contributed by atoms with Crippen molar-refractivity contribution < 1.29 is 17.9 Å². The highest BCUT2D eigenvalue weighted by molar-refractivity contribution is 7.89. The third kappa shape index (κ3) is 2.58. The number of nitrogen functional groups attached to an aromatic ring is 1. The second kappa shape index (κ2) is 4.43. The van der Waals surface area contributed by atoms with E-state index in [2.05, 4.69) is 0 Å². The molecule has 0 amide bonds. The number of β-amino-alcohol motifs (C(OH)–C–C–N with tert-alkyl or cyclic N) is 1. The van der Waals surface area contributed by atoms with Crippen LogP contribution < -0.4 is 5.73 Å². The Hall–Kier alpha value is -1.18. The molecule has 19 heavy (non-hydrogen) atoms. The van der Waals surface area contributed by atoms with Crippen LogP contribution in [0.4, 0.5) is 10.1 Å². The summed E-state index contributed by atoms with van der Waals surface area (Å²) in [4.78, 5) is -0.0101. The molecule has 2 rings (SSSR count). The van der Waals surface area contributed by atoms with Crippen molar-refractivity contribution in [3.63, 3.8) is 0 Å². The molecule has 1 heterocycles. The van der Waals surface area contributed by atoms with Crippen molar-refractivity contribution in [3.8, 4) is 0 Å². The van der Waals surface area contributed by atoms with Gasteiger partial charge in [-0.1, -0.05) is 0 Å². The summed E-state index contributed by atoms with van der Waals surface area (Å²) in [5.41, 5.74) is 4.51. The number of nitrogens with zero attached hydrogens (tertiary/aromatic N) is 1. The van der Waals surface area contributed by atoms with Gasteiger partial charge in [-0.05, 0) is 38.0 Å². The molecule has 1 fully saturated rings. The van der Waals surface area contributed by atoms with E-state index in [4.69, 9.17) is 5.73 Å². The van der Waals surface area contributed by atoms with Crippen LogP contribution in [0, 0.1) is 12.7 Å². The van der Waals surface area contributed by atoms with Crippen molar-refractivity contribution >= 4 is 15.7 Å². The smallest absolute Gasteiger partial charge is 0.243 e. The molecular formula is C12H17FN2O3S. The summed E-state index contributed by atoms with van der Waals surface area (Å²) in [5, 5.41) is 9.85. The molecular weight excluding hydrogens is 271 g/mol. The summed E-state index contributed by atoms with van der Waals surface area (Å²) in [6.45, 7) is 3.39. The maximum atomic E-state index is 13.3. The van der Waals surface area contributed by atoms with Crippen molar-refractivity contribution in [1.29, 1.82) is 0 Å². The molecule has 1 unspecified atom stereocenters. The molecule has 106 valence electrons. The number of aryl methyl sites for hydroxylation is 1. The highest BCUT2D eigenvalue weighted by atomic mass is 32.2. The first-order valence-corrected chi connectivity index (χ1v) is 7.36. The molecule has 0 radical (unpaired) electrons. The number of hydrogen-bond donors (Lipinski definition) is 2. The number of aliphatic hydroxyl groups is 1. The lowest BCUT2D eigenvalue weighted by atomic mass is 10.1. The monoisotopic (exact) mass is 288 g/mol. The minimum atomic E-state index is -3.75. The van der Waals surface area contributed by atoms with Crippen molar-refractivity contribution in [2.24, 2.45) is 0 Å². The molecule has 1 aromatic rings. The fraction of sp³-hybridized carbons (Fsp3) is 0.500. The second-order valence-electron chi connectivity index (χ2n) is 5.22. The fourth-order valence-electron chi connectivity index (χ4n) is 2.19. The maximum absolute atomic E-state index is 13.3. The summed E-state index contributed by atoms with van der Waals surface area (Å²) in [7, 11) is -3.75. The van der Waals surface area contributed by atoms with Crippen molar-refractivity contribution in [2.75, 3.05) is 18.8 Å². The van der Waals surface area contributed by atoms with Gasteiger partial charge in [-0.25, -0.2) is 12.8 Å². The first-order valence-electron chi connectivity index (χ1n) is 5.92. The minimum absolute atomic E-state index is 0.0101. The van der Waals surface area contributed by atoms with Gasteiger partial charge in [-0.15, -0.1) is 0 Å². The largest absolute Gasteiger partial charge is 0.396 e. The van der Waals surface area contributed by atoms with Gasteiger partial charge in [0.1, 0.15) is 5.82 Å². The van der Waals surface area contributed by atoms with Crippen LogP contribution in [0.3, 0.4) is 0 Å². The number of anilines is 1. The van der Waals surface area contributed by atoms with Gasteiger partial charge in [0.2, 0.25) is 10.0 Å². The van der Waals surface area contributed by atoms with Gasteiger partial charge in [0.15, 0.2) is 0 Å². The van der Waals surface area contributed by atoms with Crippen LogP contribution in [0.25, 0.3) is 0 Å². The number of benzene rings is 1. The van der Waals surface area contributed by atoms with E-state index >= 15 is 0 Å². The van der Waals surface area contributed by atoms with Crippen LogP contribution in [-0.4, -0.2) is 36.5 Å². The van der Waals surface area contributed by atoms with Gasteiger partial charge in [0.25, 0.3) is 0 Å². The van der Waals surface area contributed by atoms with Gasteiger partial charge < -0.3 is 10.8 Å². The Morgan fingerprint density at radius 2 is 2.11 bits per heavy atom. The Labute approximate surface area is 111 Å². The zero-order valence-corrected chi connectivity index (χ0v) is 11.7. The topological polar surface area (TPSA) is 83.6 Å². The number of halogens is 1. The lowest BCUT2D eigenvalue weighted by Crippen LogP contribution is -2.34. The first kappa shape index (κ1) is 14.2. The van der Waals surface area contributed by atoms with Crippen LogP contribution >= 0.6 is 0 Å². The van der Waals surface area contributed by atoms with Crippen molar-refractivity contribution in [3.05, 3.63) is 23.5 Å². The van der Waals surface area contributed by atoms with E-state index in [1.54, 1.807) is 6.92 Å². The molecule has 5 nitrogen and oxygen atoms in total. The quantitative estimate of drug-likeness (QED) is 0.791. The average Bonchev–Trinajstić information content (AvgIpc) is 2.64. The SMILES string of the molecule is Cc1cc(F)c(N)cc1S(=O)(=O)N1CCC(C)(O)C1. The summed E-state index contributed by atoms with van der Waals surface area (Å²) in [6.07, 6.45) is 0.377.